The maximum atomic E-state index is 11.7. The molecule has 1 aromatic carbocycles. The van der Waals surface area contributed by atoms with Gasteiger partial charge in [-0.3, -0.25) is 4.79 Å². The van der Waals surface area contributed by atoms with Crippen molar-refractivity contribution < 1.29 is 18.3 Å². The van der Waals surface area contributed by atoms with E-state index >= 15 is 0 Å². The molecular weight excluding hydrogens is 254 g/mol. The highest BCUT2D eigenvalue weighted by Gasteiger charge is 2.17. The number of rotatable bonds is 7. The number of ketones is 1. The molecule has 18 heavy (non-hydrogen) atoms. The van der Waals surface area contributed by atoms with Crippen LogP contribution in [0.1, 0.15) is 23.7 Å². The molecule has 2 N–H and O–H groups in total. The van der Waals surface area contributed by atoms with Gasteiger partial charge >= 0.3 is 0 Å². The third-order valence-electron chi connectivity index (χ3n) is 2.30. The summed E-state index contributed by atoms with van der Waals surface area (Å²) in [4.78, 5) is 11.7. The van der Waals surface area contributed by atoms with Gasteiger partial charge in [-0.15, -0.1) is 0 Å². The van der Waals surface area contributed by atoms with Crippen LogP contribution in [0.5, 0.6) is 0 Å². The summed E-state index contributed by atoms with van der Waals surface area (Å²) in [6.07, 6.45) is -0.254. The summed E-state index contributed by atoms with van der Waals surface area (Å²) in [5.74, 6) is -1.02. The summed E-state index contributed by atoms with van der Waals surface area (Å²) in [6.45, 7) is 1.70. The van der Waals surface area contributed by atoms with Crippen molar-refractivity contribution in [1.29, 1.82) is 0 Å². The molecule has 0 aliphatic carbocycles. The van der Waals surface area contributed by atoms with Gasteiger partial charge in [-0.2, -0.15) is 0 Å². The van der Waals surface area contributed by atoms with Crippen LogP contribution < -0.4 is 4.72 Å². The molecule has 1 unspecified atom stereocenters. The molecule has 0 heterocycles. The summed E-state index contributed by atoms with van der Waals surface area (Å²) in [5, 5.41) is 9.01. The fourth-order valence-electron chi connectivity index (χ4n) is 1.35. The zero-order valence-electron chi connectivity index (χ0n) is 10.2. The minimum Gasteiger partial charge on any atom is -0.393 e. The van der Waals surface area contributed by atoms with E-state index in [2.05, 4.69) is 4.72 Å². The van der Waals surface area contributed by atoms with E-state index in [1.807, 2.05) is 0 Å². The Morgan fingerprint density at radius 1 is 1.33 bits per heavy atom. The third-order valence-corrected chi connectivity index (χ3v) is 3.59. The van der Waals surface area contributed by atoms with Crippen molar-refractivity contribution in [3.63, 3.8) is 0 Å². The molecule has 1 rings (SSSR count). The molecule has 5 nitrogen and oxygen atoms in total. The standard InChI is InChI=1S/C12H17NO4S/c1-10(14)7-8-13-18(16,17)9-12(15)11-5-3-2-4-6-11/h2-6,10,13-14H,7-9H2,1H3. The molecule has 0 fully saturated rings. The van der Waals surface area contributed by atoms with Crippen LogP contribution in [0.15, 0.2) is 30.3 Å². The highest BCUT2D eigenvalue weighted by atomic mass is 32.2. The van der Waals surface area contributed by atoms with Crippen molar-refractivity contribution in [3.05, 3.63) is 35.9 Å². The van der Waals surface area contributed by atoms with Gasteiger partial charge in [-0.25, -0.2) is 13.1 Å². The Balaban J connectivity index is 2.53. The number of carbonyl (C=O) groups is 1. The van der Waals surface area contributed by atoms with Crippen LogP contribution in [-0.4, -0.2) is 37.7 Å². The van der Waals surface area contributed by atoms with Gasteiger partial charge in [-0.05, 0) is 13.3 Å². The van der Waals surface area contributed by atoms with Crippen molar-refractivity contribution in [2.45, 2.75) is 19.4 Å². The zero-order valence-corrected chi connectivity index (χ0v) is 11.0. The van der Waals surface area contributed by atoms with Crippen LogP contribution in [-0.2, 0) is 10.0 Å². The number of aliphatic hydroxyl groups excluding tert-OH is 1. The lowest BCUT2D eigenvalue weighted by molar-refractivity contribution is 0.102. The van der Waals surface area contributed by atoms with Gasteiger partial charge in [-0.1, -0.05) is 30.3 Å². The average molecular weight is 271 g/mol. The molecule has 6 heteroatoms. The van der Waals surface area contributed by atoms with Crippen molar-refractivity contribution >= 4 is 15.8 Å². The van der Waals surface area contributed by atoms with E-state index in [4.69, 9.17) is 5.11 Å². The van der Waals surface area contributed by atoms with Crippen LogP contribution in [0.3, 0.4) is 0 Å². The predicted octanol–water partition coefficient (Wildman–Crippen LogP) is 0.560. The highest BCUT2D eigenvalue weighted by Crippen LogP contribution is 2.02. The van der Waals surface area contributed by atoms with Crippen molar-refractivity contribution in [2.75, 3.05) is 12.3 Å². The lowest BCUT2D eigenvalue weighted by Gasteiger charge is -2.07. The number of sulfonamides is 1. The van der Waals surface area contributed by atoms with E-state index in [1.165, 1.54) is 0 Å². The summed E-state index contributed by atoms with van der Waals surface area (Å²) in [7, 11) is -3.64. The molecule has 100 valence electrons. The Labute approximate surface area is 107 Å². The molecular formula is C12H17NO4S. The van der Waals surface area contributed by atoms with E-state index in [9.17, 15) is 13.2 Å². The highest BCUT2D eigenvalue weighted by molar-refractivity contribution is 7.90. The van der Waals surface area contributed by atoms with Gasteiger partial charge in [0.1, 0.15) is 5.75 Å². The maximum Gasteiger partial charge on any atom is 0.219 e. The molecule has 0 aliphatic rings. The monoisotopic (exact) mass is 271 g/mol. The summed E-state index contributed by atoms with van der Waals surface area (Å²) >= 11 is 0. The number of benzene rings is 1. The number of aliphatic hydroxyl groups is 1. The molecule has 0 radical (unpaired) electrons. The summed E-state index contributed by atoms with van der Waals surface area (Å²) < 4.78 is 25.4. The molecule has 0 saturated carbocycles. The number of hydrogen-bond acceptors (Lipinski definition) is 4. The van der Waals surface area contributed by atoms with Crippen LogP contribution in [0.4, 0.5) is 0 Å². The average Bonchev–Trinajstić information content (AvgIpc) is 2.28. The van der Waals surface area contributed by atoms with Crippen LogP contribution >= 0.6 is 0 Å². The number of hydrogen-bond donors (Lipinski definition) is 2. The molecule has 0 spiro atoms. The Morgan fingerprint density at radius 2 is 1.94 bits per heavy atom. The van der Waals surface area contributed by atoms with E-state index in [0.29, 0.717) is 12.0 Å². The second kappa shape index (κ2) is 6.63. The molecule has 0 aliphatic heterocycles. The van der Waals surface area contributed by atoms with E-state index in [-0.39, 0.29) is 6.54 Å². The normalized spacial score (nSPS) is 13.2. The molecule has 1 aromatic rings. The fraction of sp³-hybridized carbons (Fsp3) is 0.417. The Hall–Kier alpha value is -1.24. The molecule has 0 amide bonds. The predicted molar refractivity (Wildman–Crippen MR) is 68.9 cm³/mol. The summed E-state index contributed by atoms with van der Waals surface area (Å²) in [5.41, 5.74) is 0.374. The van der Waals surface area contributed by atoms with Gasteiger partial charge in [0.05, 0.1) is 6.10 Å². The minimum absolute atomic E-state index is 0.127. The van der Waals surface area contributed by atoms with Gasteiger partial charge < -0.3 is 5.11 Å². The quantitative estimate of drug-likeness (QED) is 0.710. The third kappa shape index (κ3) is 5.39. The first-order chi connectivity index (χ1) is 8.41. The van der Waals surface area contributed by atoms with Gasteiger partial charge in [0.15, 0.2) is 5.78 Å². The Bertz CT molecular complexity index is 482. The first-order valence-corrected chi connectivity index (χ1v) is 7.29. The lowest BCUT2D eigenvalue weighted by Crippen LogP contribution is -2.32. The van der Waals surface area contributed by atoms with Crippen molar-refractivity contribution in [1.82, 2.24) is 4.72 Å². The van der Waals surface area contributed by atoms with Gasteiger partial charge in [0.2, 0.25) is 10.0 Å². The number of nitrogens with one attached hydrogen (secondary N) is 1. The van der Waals surface area contributed by atoms with Crippen LogP contribution in [0.25, 0.3) is 0 Å². The largest absolute Gasteiger partial charge is 0.393 e. The second-order valence-corrected chi connectivity index (χ2v) is 5.89. The van der Waals surface area contributed by atoms with Crippen LogP contribution in [0, 0.1) is 0 Å². The van der Waals surface area contributed by atoms with E-state index < -0.39 is 27.7 Å². The van der Waals surface area contributed by atoms with Crippen LogP contribution in [0.2, 0.25) is 0 Å². The van der Waals surface area contributed by atoms with E-state index in [1.54, 1.807) is 37.3 Å². The fourth-order valence-corrected chi connectivity index (χ4v) is 2.40. The topological polar surface area (TPSA) is 83.5 Å². The number of Topliss-reactive ketones (excluding diaryl/α,β-unsaturated/α-hetero) is 1. The second-order valence-electron chi connectivity index (χ2n) is 4.08. The maximum absolute atomic E-state index is 11.7. The molecule has 0 saturated heterocycles. The first kappa shape index (κ1) is 14.8. The van der Waals surface area contributed by atoms with Crippen molar-refractivity contribution in [3.8, 4) is 0 Å². The van der Waals surface area contributed by atoms with E-state index in [0.717, 1.165) is 0 Å². The SMILES string of the molecule is CC(O)CCNS(=O)(=O)CC(=O)c1ccccc1. The van der Waals surface area contributed by atoms with Gasteiger partial charge in [0, 0.05) is 12.1 Å². The molecule has 0 bridgehead atoms. The van der Waals surface area contributed by atoms with Crippen molar-refractivity contribution in [2.24, 2.45) is 0 Å². The van der Waals surface area contributed by atoms with Gasteiger partial charge in [0.25, 0.3) is 0 Å². The summed E-state index contributed by atoms with van der Waals surface area (Å²) in [6, 6.07) is 8.27. The molecule has 1 atom stereocenters. The first-order valence-electron chi connectivity index (χ1n) is 5.64. The smallest absolute Gasteiger partial charge is 0.219 e. The minimum atomic E-state index is -3.64. The lowest BCUT2D eigenvalue weighted by atomic mass is 10.2. The Kier molecular flexibility index (Phi) is 5.46. The zero-order chi connectivity index (χ0) is 13.6. The molecule has 0 aromatic heterocycles. The number of carbonyl (C=O) groups excluding carboxylic acids is 1. The Morgan fingerprint density at radius 3 is 2.50 bits per heavy atom.